The van der Waals surface area contributed by atoms with Crippen LogP contribution in [0.25, 0.3) is 0 Å². The minimum Gasteiger partial charge on any atom is -0.258 e. The Balaban J connectivity index is 3.13. The van der Waals surface area contributed by atoms with Crippen molar-refractivity contribution in [3.05, 3.63) is 28.8 Å². The third-order valence-electron chi connectivity index (χ3n) is 2.49. The fraction of sp³-hybridized carbons (Fsp3) is 0.455. The molecule has 1 rings (SSSR count). The lowest BCUT2D eigenvalue weighted by Crippen LogP contribution is -2.39. The van der Waals surface area contributed by atoms with Crippen LogP contribution in [0.5, 0.6) is 0 Å². The normalized spacial score (nSPS) is 11.6. The molecule has 0 saturated carbocycles. The van der Waals surface area contributed by atoms with Crippen molar-refractivity contribution >= 4 is 39.1 Å². The smallest absolute Gasteiger partial charge is 0.258 e. The minimum atomic E-state index is -3.55. The van der Waals surface area contributed by atoms with Gasteiger partial charge in [0.25, 0.3) is 0 Å². The van der Waals surface area contributed by atoms with Gasteiger partial charge in [0.2, 0.25) is 0 Å². The van der Waals surface area contributed by atoms with Gasteiger partial charge >= 0.3 is 10.2 Å². The van der Waals surface area contributed by atoms with Crippen molar-refractivity contribution in [3.63, 3.8) is 0 Å². The molecule has 102 valence electrons. The average molecular weight is 311 g/mol. The van der Waals surface area contributed by atoms with Gasteiger partial charge in [0, 0.05) is 24.5 Å². The topological polar surface area (TPSA) is 49.4 Å². The first-order valence-corrected chi connectivity index (χ1v) is 7.81. The highest BCUT2D eigenvalue weighted by molar-refractivity contribution is 7.90. The van der Waals surface area contributed by atoms with Crippen LogP contribution >= 0.6 is 23.2 Å². The van der Waals surface area contributed by atoms with Gasteiger partial charge in [0.15, 0.2) is 0 Å². The molecule has 0 amide bonds. The largest absolute Gasteiger partial charge is 0.301 e. The first kappa shape index (κ1) is 15.6. The van der Waals surface area contributed by atoms with Gasteiger partial charge in [0.05, 0.1) is 5.69 Å². The number of hydrogen-bond donors (Lipinski definition) is 1. The fourth-order valence-corrected chi connectivity index (χ4v) is 2.71. The number of benzene rings is 1. The summed E-state index contributed by atoms with van der Waals surface area (Å²) in [4.78, 5) is 0. The molecule has 0 atom stereocenters. The molecule has 1 aromatic rings. The Bertz CT molecular complexity index is 506. The van der Waals surface area contributed by atoms with E-state index < -0.39 is 10.2 Å². The van der Waals surface area contributed by atoms with E-state index in [1.165, 1.54) is 11.4 Å². The second-order valence-electron chi connectivity index (χ2n) is 3.76. The first-order valence-electron chi connectivity index (χ1n) is 5.45. The number of aryl methyl sites for hydroxylation is 1. The number of halogens is 2. The summed E-state index contributed by atoms with van der Waals surface area (Å²) in [5, 5.41) is 0.537. The van der Waals surface area contributed by atoms with E-state index in [0.717, 1.165) is 5.56 Å². The van der Waals surface area contributed by atoms with E-state index in [-0.39, 0.29) is 0 Å². The maximum atomic E-state index is 11.9. The summed E-state index contributed by atoms with van der Waals surface area (Å²) < 4.78 is 27.4. The highest BCUT2D eigenvalue weighted by atomic mass is 35.5. The van der Waals surface area contributed by atoms with Crippen LogP contribution in [-0.4, -0.2) is 27.9 Å². The second-order valence-corrected chi connectivity index (χ2v) is 6.34. The van der Waals surface area contributed by atoms with Gasteiger partial charge in [-0.05, 0) is 31.0 Å². The molecule has 0 heterocycles. The molecule has 1 N–H and O–H groups in total. The van der Waals surface area contributed by atoms with E-state index in [0.29, 0.717) is 29.6 Å². The number of nitrogens with one attached hydrogen (secondary N) is 1. The van der Waals surface area contributed by atoms with Gasteiger partial charge in [-0.2, -0.15) is 8.42 Å². The van der Waals surface area contributed by atoms with Gasteiger partial charge in [-0.15, -0.1) is 11.6 Å². The molecule has 0 aromatic heterocycles. The maximum Gasteiger partial charge on any atom is 0.301 e. The Labute approximate surface area is 118 Å². The maximum absolute atomic E-state index is 11.9. The van der Waals surface area contributed by atoms with Crippen molar-refractivity contribution in [3.8, 4) is 0 Å². The third kappa shape index (κ3) is 3.75. The van der Waals surface area contributed by atoms with Gasteiger partial charge in [0.1, 0.15) is 0 Å². The highest BCUT2D eigenvalue weighted by Crippen LogP contribution is 2.24. The SMILES string of the molecule is CNS(=O)(=O)N(CCCCl)c1ccc(C)c(Cl)c1. The molecular weight excluding hydrogens is 295 g/mol. The van der Waals surface area contributed by atoms with Crippen molar-refractivity contribution in [1.82, 2.24) is 4.72 Å². The minimum absolute atomic E-state index is 0.312. The summed E-state index contributed by atoms with van der Waals surface area (Å²) in [6.07, 6.45) is 0.563. The quantitative estimate of drug-likeness (QED) is 0.821. The number of hydrogen-bond acceptors (Lipinski definition) is 2. The second kappa shape index (κ2) is 6.61. The fourth-order valence-electron chi connectivity index (χ4n) is 1.44. The van der Waals surface area contributed by atoms with E-state index in [9.17, 15) is 8.42 Å². The molecule has 18 heavy (non-hydrogen) atoms. The zero-order valence-electron chi connectivity index (χ0n) is 10.3. The Morgan fingerprint density at radius 1 is 1.39 bits per heavy atom. The van der Waals surface area contributed by atoms with Gasteiger partial charge in [-0.3, -0.25) is 4.31 Å². The summed E-state index contributed by atoms with van der Waals surface area (Å²) in [5.74, 6) is 0.398. The number of anilines is 1. The summed E-state index contributed by atoms with van der Waals surface area (Å²) in [6.45, 7) is 2.17. The zero-order valence-corrected chi connectivity index (χ0v) is 12.6. The van der Waals surface area contributed by atoms with Crippen LogP contribution in [-0.2, 0) is 10.2 Å². The predicted molar refractivity (Wildman–Crippen MR) is 76.9 cm³/mol. The van der Waals surface area contributed by atoms with E-state index in [1.54, 1.807) is 18.2 Å². The van der Waals surface area contributed by atoms with E-state index in [4.69, 9.17) is 23.2 Å². The van der Waals surface area contributed by atoms with Crippen molar-refractivity contribution in [2.24, 2.45) is 0 Å². The molecule has 0 aliphatic heterocycles. The van der Waals surface area contributed by atoms with Crippen molar-refractivity contribution in [2.75, 3.05) is 23.8 Å². The summed E-state index contributed by atoms with van der Waals surface area (Å²) in [7, 11) is -2.18. The van der Waals surface area contributed by atoms with Crippen molar-refractivity contribution < 1.29 is 8.42 Å². The average Bonchev–Trinajstić information content (AvgIpc) is 2.34. The molecule has 1 aromatic carbocycles. The van der Waals surface area contributed by atoms with Crippen LogP contribution in [0.2, 0.25) is 5.02 Å². The molecular formula is C11H16Cl2N2O2S. The van der Waals surface area contributed by atoms with Crippen LogP contribution in [0.1, 0.15) is 12.0 Å². The summed E-state index contributed by atoms with van der Waals surface area (Å²) in [5.41, 5.74) is 1.43. The molecule has 0 radical (unpaired) electrons. The molecule has 4 nitrogen and oxygen atoms in total. The Hall–Kier alpha value is -0.490. The lowest BCUT2D eigenvalue weighted by Gasteiger charge is -2.23. The van der Waals surface area contributed by atoms with Crippen LogP contribution < -0.4 is 9.03 Å². The molecule has 0 aliphatic carbocycles. The van der Waals surface area contributed by atoms with Crippen LogP contribution in [0.15, 0.2) is 18.2 Å². The highest BCUT2D eigenvalue weighted by Gasteiger charge is 2.20. The molecule has 0 fully saturated rings. The lowest BCUT2D eigenvalue weighted by molar-refractivity contribution is 0.582. The Morgan fingerprint density at radius 2 is 2.06 bits per heavy atom. The monoisotopic (exact) mass is 310 g/mol. The van der Waals surface area contributed by atoms with Gasteiger partial charge < -0.3 is 0 Å². The van der Waals surface area contributed by atoms with Crippen LogP contribution in [0.4, 0.5) is 5.69 Å². The molecule has 0 saturated heterocycles. The number of nitrogens with zero attached hydrogens (tertiary/aromatic N) is 1. The standard InChI is InChI=1S/C11H16Cl2N2O2S/c1-9-4-5-10(8-11(9)13)15(7-3-6-12)18(16,17)14-2/h4-5,8,14H,3,6-7H2,1-2H3. The van der Waals surface area contributed by atoms with Crippen molar-refractivity contribution in [1.29, 1.82) is 0 Å². The van der Waals surface area contributed by atoms with Crippen molar-refractivity contribution in [2.45, 2.75) is 13.3 Å². The van der Waals surface area contributed by atoms with E-state index in [2.05, 4.69) is 4.72 Å². The molecule has 7 heteroatoms. The Morgan fingerprint density at radius 3 is 2.56 bits per heavy atom. The Kier molecular flexibility index (Phi) is 5.72. The third-order valence-corrected chi connectivity index (χ3v) is 4.65. The van der Waals surface area contributed by atoms with Crippen LogP contribution in [0, 0.1) is 6.92 Å². The molecule has 0 spiro atoms. The van der Waals surface area contributed by atoms with Crippen LogP contribution in [0.3, 0.4) is 0 Å². The van der Waals surface area contributed by atoms with Gasteiger partial charge in [-0.25, -0.2) is 4.72 Å². The number of rotatable bonds is 6. The molecule has 0 unspecified atom stereocenters. The molecule has 0 bridgehead atoms. The van der Waals surface area contributed by atoms with E-state index >= 15 is 0 Å². The predicted octanol–water partition coefficient (Wildman–Crippen LogP) is 2.55. The first-order chi connectivity index (χ1) is 8.42. The number of alkyl halides is 1. The van der Waals surface area contributed by atoms with Gasteiger partial charge in [-0.1, -0.05) is 17.7 Å². The summed E-state index contributed by atoms with van der Waals surface area (Å²) in [6, 6.07) is 5.15. The molecule has 0 aliphatic rings. The van der Waals surface area contributed by atoms with E-state index in [1.807, 2.05) is 6.92 Å². The zero-order chi connectivity index (χ0) is 13.8. The summed E-state index contributed by atoms with van der Waals surface area (Å²) >= 11 is 11.6. The lowest BCUT2D eigenvalue weighted by atomic mass is 10.2.